The summed E-state index contributed by atoms with van der Waals surface area (Å²) in [6.45, 7) is 2.26. The number of hydrogen-bond acceptors (Lipinski definition) is 9. The summed E-state index contributed by atoms with van der Waals surface area (Å²) < 4.78 is 8.79. The normalized spacial score (nSPS) is 16.3. The van der Waals surface area contributed by atoms with Crippen molar-refractivity contribution in [1.82, 2.24) is 59.5 Å². The molecule has 73 heavy (non-hydrogen) atoms. The van der Waals surface area contributed by atoms with Crippen LogP contribution in [0.5, 0.6) is 0 Å². The molecular weight excluding hydrogens is 925 g/mol. The molecule has 2 fully saturated rings. The zero-order valence-electron chi connectivity index (χ0n) is 40.3. The highest BCUT2D eigenvalue weighted by Crippen LogP contribution is 2.35. The summed E-state index contributed by atoms with van der Waals surface area (Å²) in [4.78, 5) is 81.5. The fourth-order valence-electron chi connectivity index (χ4n) is 9.97. The molecule has 0 aliphatic carbocycles. The fourth-order valence-corrected chi connectivity index (χ4v) is 9.97. The summed E-state index contributed by atoms with van der Waals surface area (Å²) in [7, 11) is 1.28. The van der Waals surface area contributed by atoms with Gasteiger partial charge >= 0.3 is 12.2 Å². The van der Waals surface area contributed by atoms with Crippen LogP contribution in [0.3, 0.4) is 0 Å². The van der Waals surface area contributed by atoms with Crippen molar-refractivity contribution in [1.29, 1.82) is 0 Å². The molecule has 0 radical (unpaired) electrons. The van der Waals surface area contributed by atoms with Crippen molar-refractivity contribution < 1.29 is 29.0 Å². The van der Waals surface area contributed by atoms with Gasteiger partial charge in [-0.2, -0.15) is 0 Å². The second-order valence-electron chi connectivity index (χ2n) is 18.5. The molecule has 18 nitrogen and oxygen atoms in total. The number of imidazole rings is 4. The van der Waals surface area contributed by atoms with Crippen LogP contribution in [0.1, 0.15) is 71.9 Å². The molecule has 0 saturated carbocycles. The monoisotopic (exact) mass is 980 g/mol. The first-order valence-corrected chi connectivity index (χ1v) is 24.5. The van der Waals surface area contributed by atoms with E-state index in [2.05, 4.69) is 54.8 Å². The molecule has 6 heterocycles. The Labute approximate surface area is 421 Å². The number of ether oxygens (including phenoxy) is 1. The van der Waals surface area contributed by atoms with Gasteiger partial charge in [-0.1, -0.05) is 109 Å². The van der Waals surface area contributed by atoms with Crippen molar-refractivity contribution in [3.8, 4) is 33.6 Å². The predicted molar refractivity (Wildman–Crippen MR) is 272 cm³/mol. The zero-order chi connectivity index (χ0) is 50.3. The third-order valence-corrected chi connectivity index (χ3v) is 13.6. The number of benzene rings is 4. The number of nitrogens with one attached hydrogen (secondary N) is 4. The minimum absolute atomic E-state index is 0.119. The van der Waals surface area contributed by atoms with Gasteiger partial charge in [0, 0.05) is 51.4 Å². The SMILES string of the molecule is COC(=O)N[C@@H](Cc1cn(Cc2ccccc2)cn1)C(=O)N1CCCC1c1ncc(-c2ccc(-c3ccc(-c4cnc([C@@H]5CCCN5C(=O)[C@H](Cc5cn(Cc6ccccc6)cn5)NC(=O)O)[nH]4)cc3)cc2)[nH]1. The van der Waals surface area contributed by atoms with Crippen molar-refractivity contribution in [2.45, 2.75) is 75.8 Å². The minimum Gasteiger partial charge on any atom is -0.465 e. The van der Waals surface area contributed by atoms with Crippen molar-refractivity contribution in [3.05, 3.63) is 181 Å². The van der Waals surface area contributed by atoms with Crippen LogP contribution in [0.4, 0.5) is 9.59 Å². The Morgan fingerprint density at radius 3 is 1.45 bits per heavy atom. The summed E-state index contributed by atoms with van der Waals surface area (Å²) >= 11 is 0. The van der Waals surface area contributed by atoms with Gasteiger partial charge in [-0.15, -0.1) is 0 Å². The molecule has 0 bridgehead atoms. The van der Waals surface area contributed by atoms with Gasteiger partial charge in [0.25, 0.3) is 0 Å². The second-order valence-corrected chi connectivity index (χ2v) is 18.5. The molecule has 5 N–H and O–H groups in total. The smallest absolute Gasteiger partial charge is 0.407 e. The summed E-state index contributed by atoms with van der Waals surface area (Å²) in [5.74, 6) is 0.787. The molecule has 4 aromatic carbocycles. The molecule has 1 unspecified atom stereocenters. The van der Waals surface area contributed by atoms with E-state index in [1.165, 1.54) is 7.11 Å². The molecule has 0 spiro atoms. The van der Waals surface area contributed by atoms with Crippen LogP contribution in [0, 0.1) is 0 Å². The Kier molecular flexibility index (Phi) is 14.2. The molecule has 2 aliphatic rings. The Morgan fingerprint density at radius 1 is 0.603 bits per heavy atom. The average molecular weight is 981 g/mol. The molecule has 4 aromatic heterocycles. The minimum atomic E-state index is -1.27. The van der Waals surface area contributed by atoms with Crippen LogP contribution in [0.15, 0.2) is 147 Å². The molecule has 372 valence electrons. The number of aromatic nitrogens is 8. The quantitative estimate of drug-likeness (QED) is 0.0596. The van der Waals surface area contributed by atoms with E-state index in [1.54, 1.807) is 34.8 Å². The molecular formula is C55H56N12O6. The van der Waals surface area contributed by atoms with E-state index in [0.717, 1.165) is 64.0 Å². The Hall–Kier alpha value is -8.80. The van der Waals surface area contributed by atoms with Gasteiger partial charge in [-0.3, -0.25) is 9.59 Å². The van der Waals surface area contributed by atoms with Crippen LogP contribution in [-0.2, 0) is 40.3 Å². The maximum absolute atomic E-state index is 14.2. The molecule has 18 heteroatoms. The highest BCUT2D eigenvalue weighted by molar-refractivity contribution is 5.87. The topological polar surface area (TPSA) is 221 Å². The fraction of sp³-hybridized carbons (Fsp3) is 0.273. The number of rotatable bonds is 17. The predicted octanol–water partition coefficient (Wildman–Crippen LogP) is 7.80. The third kappa shape index (κ3) is 11.2. The van der Waals surface area contributed by atoms with Crippen LogP contribution in [0.2, 0.25) is 0 Å². The van der Waals surface area contributed by atoms with E-state index < -0.39 is 24.3 Å². The van der Waals surface area contributed by atoms with Gasteiger partial charge in [0.1, 0.15) is 23.7 Å². The number of carboxylic acid groups (broad SMARTS) is 1. The van der Waals surface area contributed by atoms with Crippen LogP contribution in [-0.4, -0.2) is 110 Å². The lowest BCUT2D eigenvalue weighted by atomic mass is 10.0. The molecule has 4 atom stereocenters. The number of nitrogens with zero attached hydrogens (tertiary/aromatic N) is 8. The first kappa shape index (κ1) is 47.9. The van der Waals surface area contributed by atoms with Crippen molar-refractivity contribution in [3.63, 3.8) is 0 Å². The third-order valence-electron chi connectivity index (χ3n) is 13.6. The van der Waals surface area contributed by atoms with Crippen molar-refractivity contribution in [2.24, 2.45) is 0 Å². The first-order valence-electron chi connectivity index (χ1n) is 24.5. The summed E-state index contributed by atoms with van der Waals surface area (Å²) in [6.07, 6.45) is 12.1. The maximum atomic E-state index is 14.2. The van der Waals surface area contributed by atoms with E-state index >= 15 is 0 Å². The van der Waals surface area contributed by atoms with Gasteiger partial charge in [-0.25, -0.2) is 29.5 Å². The average Bonchev–Trinajstić information content (AvgIpc) is 4.28. The van der Waals surface area contributed by atoms with Crippen molar-refractivity contribution in [2.75, 3.05) is 20.2 Å². The molecule has 10 rings (SSSR count). The lowest BCUT2D eigenvalue weighted by molar-refractivity contribution is -0.135. The highest BCUT2D eigenvalue weighted by atomic mass is 16.5. The Morgan fingerprint density at radius 2 is 1.03 bits per heavy atom. The molecule has 2 aliphatic heterocycles. The maximum Gasteiger partial charge on any atom is 0.407 e. The standard InChI is InChI=1S/C55H56N12O6/c1-73-55(72)63-45(27-43-33-65(35-59-43)31-37-12-6-3-7-13-37)53(69)67-25-9-15-49(67)51-57-29-47(61-51)41-22-18-39(19-23-41)38-16-20-40(21-17-38)46-28-56-50(60-46)48-14-8-24-66(48)52(68)44(62-54(70)71)26-42-32-64(34-58-42)30-36-10-4-2-5-11-36/h2-7,10-13,16-23,28-29,32-35,44-45,48-49,62H,8-9,14-15,24-27,30-31H2,1H3,(H,56,60)(H,57,61)(H,63,72)(H,70,71)/t44-,45-,48-,49?/m0/s1. The van der Waals surface area contributed by atoms with E-state index in [4.69, 9.17) is 14.7 Å². The molecule has 2 saturated heterocycles. The number of amides is 4. The first-order chi connectivity index (χ1) is 35.6. The zero-order valence-corrected chi connectivity index (χ0v) is 40.3. The summed E-state index contributed by atoms with van der Waals surface area (Å²) in [6, 6.07) is 33.8. The number of carbonyl (C=O) groups excluding carboxylic acids is 3. The highest BCUT2D eigenvalue weighted by Gasteiger charge is 2.38. The van der Waals surface area contributed by atoms with E-state index in [-0.39, 0.29) is 36.7 Å². The van der Waals surface area contributed by atoms with Gasteiger partial charge in [-0.05, 0) is 59.1 Å². The molecule has 8 aromatic rings. The lowest BCUT2D eigenvalue weighted by Crippen LogP contribution is -2.49. The van der Waals surface area contributed by atoms with Crippen molar-refractivity contribution >= 4 is 24.0 Å². The van der Waals surface area contributed by atoms with Gasteiger partial charge < -0.3 is 49.4 Å². The van der Waals surface area contributed by atoms with Crippen LogP contribution < -0.4 is 10.6 Å². The summed E-state index contributed by atoms with van der Waals surface area (Å²) in [5, 5.41) is 14.9. The number of hydrogen-bond donors (Lipinski definition) is 5. The number of alkyl carbamates (subject to hydrolysis) is 1. The van der Waals surface area contributed by atoms with E-state index in [9.17, 15) is 24.3 Å². The number of methoxy groups -OCH3 is 1. The lowest BCUT2D eigenvalue weighted by Gasteiger charge is -2.28. The van der Waals surface area contributed by atoms with E-state index in [0.29, 0.717) is 55.6 Å². The largest absolute Gasteiger partial charge is 0.465 e. The number of H-pyrrole nitrogens is 2. The molecule has 4 amide bonds. The van der Waals surface area contributed by atoms with Crippen LogP contribution in [0.25, 0.3) is 33.6 Å². The van der Waals surface area contributed by atoms with Crippen LogP contribution >= 0.6 is 0 Å². The Balaban J connectivity index is 0.765. The van der Waals surface area contributed by atoms with Gasteiger partial charge in [0.2, 0.25) is 11.8 Å². The number of likely N-dealkylation sites (tertiary alicyclic amines) is 2. The van der Waals surface area contributed by atoms with Gasteiger partial charge in [0.15, 0.2) is 0 Å². The Bertz CT molecular complexity index is 3170. The van der Waals surface area contributed by atoms with Gasteiger partial charge in [0.05, 0.1) is 67.0 Å². The number of carbonyl (C=O) groups is 4. The summed E-state index contributed by atoms with van der Waals surface area (Å²) in [5.41, 5.74) is 9.07. The second kappa shape index (κ2) is 21.7. The number of aromatic amines is 2. The van der Waals surface area contributed by atoms with E-state index in [1.807, 2.05) is 106 Å².